The van der Waals surface area contributed by atoms with Gasteiger partial charge in [-0.25, -0.2) is 4.39 Å². The molecular weight excluding hydrogens is 205 g/mol. The quantitative estimate of drug-likeness (QED) is 0.567. The number of ether oxygens (including phenoxy) is 1. The smallest absolute Gasteiger partial charge is 0.126 e. The molecule has 2 nitrogen and oxygen atoms in total. The highest BCUT2D eigenvalue weighted by atomic mass is 19.1. The first kappa shape index (κ1) is 12.7. The lowest BCUT2D eigenvalue weighted by atomic mass is 10.1. The van der Waals surface area contributed by atoms with Crippen molar-refractivity contribution in [1.82, 2.24) is 5.32 Å². The van der Waals surface area contributed by atoms with Crippen LogP contribution in [0.15, 0.2) is 31.0 Å². The molecule has 0 aliphatic carbocycles. The van der Waals surface area contributed by atoms with Gasteiger partial charge in [-0.15, -0.1) is 0 Å². The highest BCUT2D eigenvalue weighted by Gasteiger charge is 1.98. The van der Waals surface area contributed by atoms with Gasteiger partial charge in [0.05, 0.1) is 12.9 Å². The third-order valence-corrected chi connectivity index (χ3v) is 2.29. The molecule has 0 fully saturated rings. The lowest BCUT2D eigenvalue weighted by molar-refractivity contribution is 0.244. The molecule has 0 aliphatic heterocycles. The van der Waals surface area contributed by atoms with Crippen molar-refractivity contribution in [3.05, 3.63) is 48.0 Å². The number of halogens is 1. The van der Waals surface area contributed by atoms with E-state index in [1.165, 1.54) is 12.3 Å². The van der Waals surface area contributed by atoms with Gasteiger partial charge in [-0.1, -0.05) is 18.7 Å². The number of hydrogen-bond donors (Lipinski definition) is 1. The van der Waals surface area contributed by atoms with Crippen LogP contribution in [0.5, 0.6) is 0 Å². The van der Waals surface area contributed by atoms with Gasteiger partial charge >= 0.3 is 0 Å². The average Bonchev–Trinajstić information content (AvgIpc) is 2.28. The maximum absolute atomic E-state index is 13.0. The van der Waals surface area contributed by atoms with E-state index in [0.717, 1.165) is 25.1 Å². The first-order chi connectivity index (χ1) is 7.74. The van der Waals surface area contributed by atoms with E-state index < -0.39 is 0 Å². The van der Waals surface area contributed by atoms with Crippen LogP contribution in [-0.4, -0.2) is 13.2 Å². The van der Waals surface area contributed by atoms with Gasteiger partial charge in [0.2, 0.25) is 0 Å². The monoisotopic (exact) mass is 223 g/mol. The van der Waals surface area contributed by atoms with E-state index in [2.05, 4.69) is 11.9 Å². The zero-order valence-electron chi connectivity index (χ0n) is 9.63. The van der Waals surface area contributed by atoms with E-state index in [4.69, 9.17) is 4.74 Å². The maximum atomic E-state index is 13.0. The molecule has 0 spiro atoms. The van der Waals surface area contributed by atoms with Crippen LogP contribution < -0.4 is 5.32 Å². The fraction of sp³-hybridized carbons (Fsp3) is 0.385. The predicted molar refractivity (Wildman–Crippen MR) is 63.6 cm³/mol. The highest BCUT2D eigenvalue weighted by molar-refractivity contribution is 5.23. The summed E-state index contributed by atoms with van der Waals surface area (Å²) < 4.78 is 18.0. The van der Waals surface area contributed by atoms with Crippen molar-refractivity contribution in [2.75, 3.05) is 13.2 Å². The fourth-order valence-corrected chi connectivity index (χ4v) is 1.41. The Kier molecular flexibility index (Phi) is 5.57. The van der Waals surface area contributed by atoms with Crippen LogP contribution in [0.4, 0.5) is 4.39 Å². The first-order valence-electron chi connectivity index (χ1n) is 5.42. The van der Waals surface area contributed by atoms with E-state index >= 15 is 0 Å². The molecule has 0 amide bonds. The Bertz CT molecular complexity index is 339. The normalized spacial score (nSPS) is 10.1. The fourth-order valence-electron chi connectivity index (χ4n) is 1.41. The van der Waals surface area contributed by atoms with Crippen LogP contribution in [-0.2, 0) is 11.3 Å². The van der Waals surface area contributed by atoms with Gasteiger partial charge in [0.1, 0.15) is 5.82 Å². The second-order valence-electron chi connectivity index (χ2n) is 3.65. The topological polar surface area (TPSA) is 21.3 Å². The van der Waals surface area contributed by atoms with Crippen LogP contribution in [0.25, 0.3) is 0 Å². The average molecular weight is 223 g/mol. The minimum Gasteiger partial charge on any atom is -0.502 e. The summed E-state index contributed by atoms with van der Waals surface area (Å²) in [5.74, 6) is -0.150. The number of hydrogen-bond acceptors (Lipinski definition) is 2. The third kappa shape index (κ3) is 4.45. The number of nitrogens with one attached hydrogen (secondary N) is 1. The molecule has 3 heteroatoms. The summed E-state index contributed by atoms with van der Waals surface area (Å²) in [5.41, 5.74) is 1.79. The van der Waals surface area contributed by atoms with Crippen LogP contribution in [0.2, 0.25) is 0 Å². The molecule has 0 bridgehead atoms. The van der Waals surface area contributed by atoms with E-state index in [1.807, 2.05) is 6.07 Å². The van der Waals surface area contributed by atoms with E-state index in [-0.39, 0.29) is 5.82 Å². The molecular formula is C13H18FNO. The summed E-state index contributed by atoms with van der Waals surface area (Å²) in [4.78, 5) is 0. The highest BCUT2D eigenvalue weighted by Crippen LogP contribution is 2.08. The van der Waals surface area contributed by atoms with Crippen molar-refractivity contribution in [3.63, 3.8) is 0 Å². The Balaban J connectivity index is 2.21. The Labute approximate surface area is 96.1 Å². The molecule has 88 valence electrons. The van der Waals surface area contributed by atoms with Gasteiger partial charge in [0.15, 0.2) is 0 Å². The second kappa shape index (κ2) is 7.01. The molecule has 0 radical (unpaired) electrons. The van der Waals surface area contributed by atoms with Crippen LogP contribution in [0.1, 0.15) is 17.5 Å². The number of benzene rings is 1. The molecule has 1 aromatic rings. The second-order valence-corrected chi connectivity index (χ2v) is 3.65. The van der Waals surface area contributed by atoms with Gasteiger partial charge in [0, 0.05) is 6.54 Å². The molecule has 0 unspecified atom stereocenters. The van der Waals surface area contributed by atoms with Crippen LogP contribution in [0.3, 0.4) is 0 Å². The SMILES string of the molecule is C=COCCCNCc1ccc(F)c(C)c1. The van der Waals surface area contributed by atoms with Gasteiger partial charge in [-0.05, 0) is 37.1 Å². The Morgan fingerprint density at radius 2 is 2.31 bits per heavy atom. The lowest BCUT2D eigenvalue weighted by Gasteiger charge is -2.06. The van der Waals surface area contributed by atoms with Crippen molar-refractivity contribution in [1.29, 1.82) is 0 Å². The lowest BCUT2D eigenvalue weighted by Crippen LogP contribution is -2.16. The molecule has 1 N–H and O–H groups in total. The zero-order chi connectivity index (χ0) is 11.8. The summed E-state index contributed by atoms with van der Waals surface area (Å²) >= 11 is 0. The van der Waals surface area contributed by atoms with Crippen LogP contribution >= 0.6 is 0 Å². The molecule has 0 saturated heterocycles. The Hall–Kier alpha value is -1.35. The number of rotatable bonds is 7. The maximum Gasteiger partial charge on any atom is 0.126 e. The van der Waals surface area contributed by atoms with Crippen molar-refractivity contribution >= 4 is 0 Å². The summed E-state index contributed by atoms with van der Waals surface area (Å²) in [7, 11) is 0. The summed E-state index contributed by atoms with van der Waals surface area (Å²) in [6.45, 7) is 7.56. The van der Waals surface area contributed by atoms with E-state index in [0.29, 0.717) is 12.2 Å². The summed E-state index contributed by atoms with van der Waals surface area (Å²) in [5, 5.41) is 3.27. The summed E-state index contributed by atoms with van der Waals surface area (Å²) in [6.07, 6.45) is 2.38. The largest absolute Gasteiger partial charge is 0.502 e. The van der Waals surface area contributed by atoms with Crippen LogP contribution in [0, 0.1) is 12.7 Å². The van der Waals surface area contributed by atoms with E-state index in [9.17, 15) is 4.39 Å². The molecule has 0 aliphatic rings. The van der Waals surface area contributed by atoms with Gasteiger partial charge in [-0.3, -0.25) is 0 Å². The third-order valence-electron chi connectivity index (χ3n) is 2.29. The van der Waals surface area contributed by atoms with Crippen molar-refractivity contribution in [3.8, 4) is 0 Å². The van der Waals surface area contributed by atoms with Crippen molar-refractivity contribution in [2.45, 2.75) is 19.9 Å². The number of aryl methyl sites for hydroxylation is 1. The molecule has 0 heterocycles. The minimum atomic E-state index is -0.150. The van der Waals surface area contributed by atoms with Crippen molar-refractivity contribution < 1.29 is 9.13 Å². The molecule has 0 aromatic heterocycles. The molecule has 1 rings (SSSR count). The Morgan fingerprint density at radius 3 is 3.00 bits per heavy atom. The summed E-state index contributed by atoms with van der Waals surface area (Å²) in [6, 6.07) is 5.17. The molecule has 0 atom stereocenters. The zero-order valence-corrected chi connectivity index (χ0v) is 9.63. The van der Waals surface area contributed by atoms with Gasteiger partial charge < -0.3 is 10.1 Å². The van der Waals surface area contributed by atoms with Gasteiger partial charge in [0.25, 0.3) is 0 Å². The van der Waals surface area contributed by atoms with Gasteiger partial charge in [-0.2, -0.15) is 0 Å². The molecule has 0 saturated carbocycles. The molecule has 16 heavy (non-hydrogen) atoms. The Morgan fingerprint density at radius 1 is 1.50 bits per heavy atom. The minimum absolute atomic E-state index is 0.150. The standard InChI is InChI=1S/C13H18FNO/c1-3-16-8-4-7-15-10-12-5-6-13(14)11(2)9-12/h3,5-6,9,15H,1,4,7-8,10H2,2H3. The molecule has 1 aromatic carbocycles. The van der Waals surface area contributed by atoms with E-state index in [1.54, 1.807) is 13.0 Å². The van der Waals surface area contributed by atoms with Crippen molar-refractivity contribution in [2.24, 2.45) is 0 Å². The predicted octanol–water partition coefficient (Wildman–Crippen LogP) is 2.77. The first-order valence-corrected chi connectivity index (χ1v) is 5.42.